The first-order valence-corrected chi connectivity index (χ1v) is 10.8. The number of alkyl halides is 3. The van der Waals surface area contributed by atoms with Gasteiger partial charge >= 0.3 is 6.18 Å². The molecule has 5 nitrogen and oxygen atoms in total. The molecule has 4 rings (SSSR count). The van der Waals surface area contributed by atoms with E-state index in [2.05, 4.69) is 10.1 Å². The Balaban J connectivity index is 1.79. The minimum atomic E-state index is -4.53. The van der Waals surface area contributed by atoms with Crippen molar-refractivity contribution >= 4 is 17.1 Å². The van der Waals surface area contributed by atoms with Crippen LogP contribution in [-0.2, 0) is 6.18 Å². The second-order valence-electron chi connectivity index (χ2n) is 7.80. The number of rotatable bonds is 6. The highest BCUT2D eigenvalue weighted by molar-refractivity contribution is 5.82. The van der Waals surface area contributed by atoms with Gasteiger partial charge in [0.15, 0.2) is 5.82 Å². The summed E-state index contributed by atoms with van der Waals surface area (Å²) in [7, 11) is 0. The van der Waals surface area contributed by atoms with Gasteiger partial charge in [-0.25, -0.2) is 4.98 Å². The van der Waals surface area contributed by atoms with Crippen LogP contribution in [0.2, 0.25) is 0 Å². The molecule has 174 valence electrons. The van der Waals surface area contributed by atoms with Gasteiger partial charge in [-0.3, -0.25) is 4.79 Å². The average Bonchev–Trinajstić information content (AvgIpc) is 2.84. The van der Waals surface area contributed by atoms with Crippen molar-refractivity contribution in [2.75, 3.05) is 0 Å². The summed E-state index contributed by atoms with van der Waals surface area (Å²) in [6.45, 7) is 4.01. The van der Waals surface area contributed by atoms with Crippen molar-refractivity contribution in [3.63, 3.8) is 0 Å². The first-order chi connectivity index (χ1) is 16.3. The van der Waals surface area contributed by atoms with Gasteiger partial charge in [0.05, 0.1) is 28.8 Å². The first-order valence-electron chi connectivity index (χ1n) is 10.8. The van der Waals surface area contributed by atoms with Gasteiger partial charge in [-0.2, -0.15) is 22.9 Å². The highest BCUT2D eigenvalue weighted by Gasteiger charge is 2.30. The summed E-state index contributed by atoms with van der Waals surface area (Å²) >= 11 is 0. The topological polar surface area (TPSA) is 56.5 Å². The van der Waals surface area contributed by atoms with E-state index >= 15 is 0 Å². The molecule has 1 aromatic heterocycles. The monoisotopic (exact) mass is 465 g/mol. The molecule has 8 heteroatoms. The molecule has 0 N–H and O–H groups in total. The lowest BCUT2D eigenvalue weighted by Gasteiger charge is -2.12. The molecule has 3 aromatic carbocycles. The fourth-order valence-electron chi connectivity index (χ4n) is 3.32. The molecule has 4 aromatic rings. The quantitative estimate of drug-likeness (QED) is 0.321. The van der Waals surface area contributed by atoms with Gasteiger partial charge in [-0.05, 0) is 67.4 Å². The lowest BCUT2D eigenvalue weighted by atomic mass is 10.1. The van der Waals surface area contributed by atoms with Crippen LogP contribution in [0, 0.1) is 0 Å². The first kappa shape index (κ1) is 23.2. The summed E-state index contributed by atoms with van der Waals surface area (Å²) in [6, 6.07) is 18.5. The van der Waals surface area contributed by atoms with E-state index in [1.54, 1.807) is 48.5 Å². The molecule has 0 aliphatic rings. The predicted molar refractivity (Wildman–Crippen MR) is 126 cm³/mol. The Labute approximate surface area is 194 Å². The Kier molecular flexibility index (Phi) is 6.49. The Morgan fingerprint density at radius 3 is 2.50 bits per heavy atom. The van der Waals surface area contributed by atoms with Gasteiger partial charge in [0, 0.05) is 5.56 Å². The summed E-state index contributed by atoms with van der Waals surface area (Å²) in [5.74, 6) is 0.725. The number of aromatic nitrogens is 2. The maximum atomic E-state index is 13.3. The van der Waals surface area contributed by atoms with E-state index in [1.165, 1.54) is 18.3 Å². The zero-order valence-electron chi connectivity index (χ0n) is 18.6. The summed E-state index contributed by atoms with van der Waals surface area (Å²) in [6.07, 6.45) is -2.11. The Hall–Kier alpha value is -3.94. The molecular formula is C26H22F3N3O2. The molecule has 1 atom stereocenters. The summed E-state index contributed by atoms with van der Waals surface area (Å²) in [4.78, 5) is 17.7. The molecule has 34 heavy (non-hydrogen) atoms. The molecule has 0 amide bonds. The third-order valence-electron chi connectivity index (χ3n) is 5.32. The average molecular weight is 465 g/mol. The van der Waals surface area contributed by atoms with Crippen molar-refractivity contribution in [3.8, 4) is 17.1 Å². The molecule has 0 aliphatic carbocycles. The van der Waals surface area contributed by atoms with Gasteiger partial charge < -0.3 is 4.74 Å². The SMILES string of the molecule is CC[C@H](C)Oc1ccc(C=Nn2c(-c3cccc(C(F)(F)F)c3)nc3ccccc3c2=O)cc1. The number of nitrogens with zero attached hydrogens (tertiary/aromatic N) is 3. The van der Waals surface area contributed by atoms with E-state index < -0.39 is 17.3 Å². The van der Waals surface area contributed by atoms with Crippen molar-refractivity contribution in [2.45, 2.75) is 32.5 Å². The summed E-state index contributed by atoms with van der Waals surface area (Å²) in [5, 5.41) is 4.61. The number of halogens is 3. The molecule has 0 unspecified atom stereocenters. The molecule has 0 fully saturated rings. The third kappa shape index (κ3) is 5.01. The van der Waals surface area contributed by atoms with Crippen LogP contribution in [0.15, 0.2) is 82.7 Å². The Morgan fingerprint density at radius 1 is 1.06 bits per heavy atom. The number of para-hydroxylation sites is 1. The van der Waals surface area contributed by atoms with E-state index in [1.807, 2.05) is 13.8 Å². The van der Waals surface area contributed by atoms with Crippen molar-refractivity contribution in [1.29, 1.82) is 0 Å². The fraction of sp³-hybridized carbons (Fsp3) is 0.192. The molecule has 0 saturated heterocycles. The highest BCUT2D eigenvalue weighted by Crippen LogP contribution is 2.32. The molecular weight excluding hydrogens is 443 g/mol. The van der Waals surface area contributed by atoms with Crippen LogP contribution in [-0.4, -0.2) is 22.0 Å². The van der Waals surface area contributed by atoms with E-state index in [9.17, 15) is 18.0 Å². The highest BCUT2D eigenvalue weighted by atomic mass is 19.4. The zero-order chi connectivity index (χ0) is 24.3. The zero-order valence-corrected chi connectivity index (χ0v) is 18.6. The third-order valence-corrected chi connectivity index (χ3v) is 5.32. The minimum absolute atomic E-state index is 0.0165. The predicted octanol–water partition coefficient (Wildman–Crippen LogP) is 6.14. The van der Waals surface area contributed by atoms with Crippen LogP contribution in [0.5, 0.6) is 5.75 Å². The van der Waals surface area contributed by atoms with Crippen LogP contribution in [0.4, 0.5) is 13.2 Å². The van der Waals surface area contributed by atoms with Crippen molar-refractivity contribution < 1.29 is 17.9 Å². The Morgan fingerprint density at radius 2 is 1.79 bits per heavy atom. The summed E-state index contributed by atoms with van der Waals surface area (Å²) in [5.41, 5.74) is -0.123. The van der Waals surface area contributed by atoms with Crippen LogP contribution in [0.1, 0.15) is 31.4 Å². The number of benzene rings is 3. The van der Waals surface area contributed by atoms with Crippen LogP contribution in [0.3, 0.4) is 0 Å². The second-order valence-corrected chi connectivity index (χ2v) is 7.80. The summed E-state index contributed by atoms with van der Waals surface area (Å²) < 4.78 is 46.7. The smallest absolute Gasteiger partial charge is 0.416 e. The van der Waals surface area contributed by atoms with Crippen LogP contribution < -0.4 is 10.3 Å². The van der Waals surface area contributed by atoms with Gasteiger partial charge in [-0.15, -0.1) is 0 Å². The lowest BCUT2D eigenvalue weighted by molar-refractivity contribution is -0.137. The number of hydrogen-bond donors (Lipinski definition) is 0. The van der Waals surface area contributed by atoms with E-state index in [4.69, 9.17) is 4.74 Å². The van der Waals surface area contributed by atoms with Crippen molar-refractivity contribution in [1.82, 2.24) is 9.66 Å². The van der Waals surface area contributed by atoms with Gasteiger partial charge in [0.1, 0.15) is 5.75 Å². The lowest BCUT2D eigenvalue weighted by Crippen LogP contribution is -2.20. The van der Waals surface area contributed by atoms with Gasteiger partial charge in [0.25, 0.3) is 5.56 Å². The van der Waals surface area contributed by atoms with Crippen molar-refractivity contribution in [2.24, 2.45) is 5.10 Å². The molecule has 0 spiro atoms. The standard InChI is InChI=1S/C26H22F3N3O2/c1-3-17(2)34-21-13-11-18(12-14-21)16-30-32-24(19-7-6-8-20(15-19)26(27,28)29)31-23-10-5-4-9-22(23)25(32)33/h4-17H,3H2,1-2H3/t17-/m0/s1. The van der Waals surface area contributed by atoms with Crippen LogP contribution >= 0.6 is 0 Å². The Bertz CT molecular complexity index is 1390. The van der Waals surface area contributed by atoms with E-state index in [0.717, 1.165) is 23.2 Å². The van der Waals surface area contributed by atoms with Crippen LogP contribution in [0.25, 0.3) is 22.3 Å². The molecule has 0 bridgehead atoms. The number of fused-ring (bicyclic) bond motifs is 1. The van der Waals surface area contributed by atoms with Gasteiger partial charge in [-0.1, -0.05) is 31.2 Å². The molecule has 1 heterocycles. The normalized spacial score (nSPS) is 12.9. The largest absolute Gasteiger partial charge is 0.491 e. The second kappa shape index (κ2) is 9.51. The van der Waals surface area contributed by atoms with Crippen molar-refractivity contribution in [3.05, 3.63) is 94.3 Å². The maximum absolute atomic E-state index is 13.3. The number of ether oxygens (including phenoxy) is 1. The van der Waals surface area contributed by atoms with E-state index in [0.29, 0.717) is 22.2 Å². The van der Waals surface area contributed by atoms with E-state index in [-0.39, 0.29) is 17.5 Å². The molecule has 0 aliphatic heterocycles. The fourth-order valence-corrected chi connectivity index (χ4v) is 3.32. The maximum Gasteiger partial charge on any atom is 0.416 e. The number of hydrogen-bond acceptors (Lipinski definition) is 4. The molecule has 0 radical (unpaired) electrons. The van der Waals surface area contributed by atoms with Gasteiger partial charge in [0.2, 0.25) is 0 Å². The minimum Gasteiger partial charge on any atom is -0.491 e. The molecule has 0 saturated carbocycles.